The first-order valence-electron chi connectivity index (χ1n) is 5.34. The summed E-state index contributed by atoms with van der Waals surface area (Å²) in [6.07, 6.45) is 1.17. The highest BCUT2D eigenvalue weighted by molar-refractivity contribution is 6.04. The average molecular weight is 279 g/mol. The lowest BCUT2D eigenvalue weighted by Gasteiger charge is -2.05. The van der Waals surface area contributed by atoms with Crippen molar-refractivity contribution in [2.24, 2.45) is 0 Å². The number of aromatic nitrogens is 1. The molecule has 0 fully saturated rings. The number of halogens is 2. The van der Waals surface area contributed by atoms with Crippen molar-refractivity contribution in [3.05, 3.63) is 64.0 Å². The van der Waals surface area contributed by atoms with Gasteiger partial charge in [0.25, 0.3) is 11.6 Å². The second-order valence-electron chi connectivity index (χ2n) is 3.75. The Morgan fingerprint density at radius 2 is 2.05 bits per heavy atom. The maximum Gasteiger partial charge on any atom is 0.274 e. The Labute approximate surface area is 111 Å². The summed E-state index contributed by atoms with van der Waals surface area (Å²) in [7, 11) is 0. The van der Waals surface area contributed by atoms with Gasteiger partial charge in [0.2, 0.25) is 5.95 Å². The minimum absolute atomic E-state index is 0.148. The van der Waals surface area contributed by atoms with Crippen LogP contribution in [0.1, 0.15) is 10.4 Å². The Bertz CT molecular complexity index is 691. The Morgan fingerprint density at radius 1 is 1.30 bits per heavy atom. The summed E-state index contributed by atoms with van der Waals surface area (Å²) < 4.78 is 26.5. The summed E-state index contributed by atoms with van der Waals surface area (Å²) in [5.41, 5.74) is -1.02. The van der Waals surface area contributed by atoms with Gasteiger partial charge in [-0.1, -0.05) is 0 Å². The molecule has 0 radical (unpaired) electrons. The fraction of sp³-hybridized carbons (Fsp3) is 0. The molecule has 6 nitrogen and oxygen atoms in total. The highest BCUT2D eigenvalue weighted by Crippen LogP contribution is 2.20. The van der Waals surface area contributed by atoms with Crippen LogP contribution in [0.25, 0.3) is 0 Å². The lowest BCUT2D eigenvalue weighted by Crippen LogP contribution is -2.14. The Hall–Kier alpha value is -2.90. The standard InChI is InChI=1S/C12H7F2N3O3/c13-7-4-8(6-9(5-7)17(19)20)16-12(18)10-2-1-3-15-11(10)14/h1-6H,(H,16,18). The van der Waals surface area contributed by atoms with E-state index in [-0.39, 0.29) is 11.3 Å². The van der Waals surface area contributed by atoms with Crippen molar-refractivity contribution in [3.8, 4) is 0 Å². The molecule has 1 heterocycles. The molecule has 1 aromatic heterocycles. The zero-order chi connectivity index (χ0) is 14.7. The maximum absolute atomic E-state index is 13.3. The summed E-state index contributed by atoms with van der Waals surface area (Å²) in [6, 6.07) is 5.10. The first-order chi connectivity index (χ1) is 9.47. The molecular formula is C12H7F2N3O3. The summed E-state index contributed by atoms with van der Waals surface area (Å²) in [6.45, 7) is 0. The van der Waals surface area contributed by atoms with Crippen molar-refractivity contribution >= 4 is 17.3 Å². The highest BCUT2D eigenvalue weighted by Gasteiger charge is 2.15. The number of hydrogen-bond acceptors (Lipinski definition) is 4. The van der Waals surface area contributed by atoms with Gasteiger partial charge in [0.1, 0.15) is 5.82 Å². The third-order valence-corrected chi connectivity index (χ3v) is 2.35. The second kappa shape index (κ2) is 5.39. The van der Waals surface area contributed by atoms with Gasteiger partial charge in [0.05, 0.1) is 22.2 Å². The molecule has 1 N–H and O–H groups in total. The summed E-state index contributed by atoms with van der Waals surface area (Å²) in [5, 5.41) is 12.7. The Balaban J connectivity index is 2.28. The van der Waals surface area contributed by atoms with Gasteiger partial charge >= 0.3 is 0 Å². The molecule has 0 saturated carbocycles. The van der Waals surface area contributed by atoms with Crippen molar-refractivity contribution < 1.29 is 18.5 Å². The van der Waals surface area contributed by atoms with Gasteiger partial charge in [-0.2, -0.15) is 4.39 Å². The molecule has 20 heavy (non-hydrogen) atoms. The lowest BCUT2D eigenvalue weighted by atomic mass is 10.2. The number of non-ortho nitro benzene ring substituents is 1. The summed E-state index contributed by atoms with van der Waals surface area (Å²) in [5.74, 6) is -2.76. The van der Waals surface area contributed by atoms with Crippen LogP contribution in [-0.2, 0) is 0 Å². The molecule has 0 atom stereocenters. The molecule has 0 spiro atoms. The van der Waals surface area contributed by atoms with E-state index >= 15 is 0 Å². The van der Waals surface area contributed by atoms with Gasteiger partial charge in [-0.05, 0) is 18.2 Å². The number of benzene rings is 1. The number of rotatable bonds is 3. The topological polar surface area (TPSA) is 85.1 Å². The minimum Gasteiger partial charge on any atom is -0.321 e. The van der Waals surface area contributed by atoms with Crippen LogP contribution in [0.3, 0.4) is 0 Å². The zero-order valence-electron chi connectivity index (χ0n) is 9.84. The van der Waals surface area contributed by atoms with E-state index in [0.29, 0.717) is 6.07 Å². The van der Waals surface area contributed by atoms with Crippen LogP contribution in [0.4, 0.5) is 20.2 Å². The van der Waals surface area contributed by atoms with E-state index in [1.54, 1.807) is 0 Å². The van der Waals surface area contributed by atoms with Crippen molar-refractivity contribution in [2.45, 2.75) is 0 Å². The number of carbonyl (C=O) groups excluding carboxylic acids is 1. The van der Waals surface area contributed by atoms with E-state index in [0.717, 1.165) is 12.1 Å². The SMILES string of the molecule is O=C(Nc1cc(F)cc([N+](=O)[O-])c1)c1cccnc1F. The molecule has 8 heteroatoms. The smallest absolute Gasteiger partial charge is 0.274 e. The van der Waals surface area contributed by atoms with Crippen molar-refractivity contribution in [1.29, 1.82) is 0 Å². The summed E-state index contributed by atoms with van der Waals surface area (Å²) >= 11 is 0. The predicted molar refractivity (Wildman–Crippen MR) is 65.2 cm³/mol. The highest BCUT2D eigenvalue weighted by atomic mass is 19.1. The molecule has 102 valence electrons. The molecule has 1 aromatic carbocycles. The van der Waals surface area contributed by atoms with Crippen LogP contribution in [0.5, 0.6) is 0 Å². The molecular weight excluding hydrogens is 272 g/mol. The monoisotopic (exact) mass is 279 g/mol. The van der Waals surface area contributed by atoms with E-state index in [1.807, 2.05) is 0 Å². The third kappa shape index (κ3) is 2.91. The number of amides is 1. The van der Waals surface area contributed by atoms with E-state index < -0.39 is 28.3 Å². The number of nitrogens with one attached hydrogen (secondary N) is 1. The van der Waals surface area contributed by atoms with Gasteiger partial charge in [-0.15, -0.1) is 0 Å². The lowest BCUT2D eigenvalue weighted by molar-refractivity contribution is -0.385. The van der Waals surface area contributed by atoms with Gasteiger partial charge < -0.3 is 5.32 Å². The Kier molecular flexibility index (Phi) is 3.65. The van der Waals surface area contributed by atoms with Crippen LogP contribution >= 0.6 is 0 Å². The second-order valence-corrected chi connectivity index (χ2v) is 3.75. The van der Waals surface area contributed by atoms with Gasteiger partial charge in [0, 0.05) is 12.3 Å². The number of nitrogens with zero attached hydrogens (tertiary/aromatic N) is 2. The molecule has 0 bridgehead atoms. The van der Waals surface area contributed by atoms with E-state index in [4.69, 9.17) is 0 Å². The number of nitro benzene ring substituents is 1. The molecule has 2 rings (SSSR count). The summed E-state index contributed by atoms with van der Waals surface area (Å²) in [4.78, 5) is 24.8. The molecule has 0 aliphatic heterocycles. The van der Waals surface area contributed by atoms with Crippen LogP contribution < -0.4 is 5.32 Å². The predicted octanol–water partition coefficient (Wildman–Crippen LogP) is 2.52. The van der Waals surface area contributed by atoms with E-state index in [1.165, 1.54) is 18.3 Å². The Morgan fingerprint density at radius 3 is 2.70 bits per heavy atom. The number of anilines is 1. The van der Waals surface area contributed by atoms with E-state index in [9.17, 15) is 23.7 Å². The number of hydrogen-bond donors (Lipinski definition) is 1. The number of nitro groups is 1. The van der Waals surface area contributed by atoms with E-state index in [2.05, 4.69) is 10.3 Å². The van der Waals surface area contributed by atoms with Crippen molar-refractivity contribution in [1.82, 2.24) is 4.98 Å². The molecule has 2 aromatic rings. The molecule has 0 aliphatic carbocycles. The van der Waals surface area contributed by atoms with Gasteiger partial charge in [0.15, 0.2) is 0 Å². The molecule has 0 saturated heterocycles. The van der Waals surface area contributed by atoms with Crippen molar-refractivity contribution in [2.75, 3.05) is 5.32 Å². The fourth-order valence-electron chi connectivity index (χ4n) is 1.51. The van der Waals surface area contributed by atoms with Gasteiger partial charge in [-0.25, -0.2) is 9.37 Å². The largest absolute Gasteiger partial charge is 0.321 e. The third-order valence-electron chi connectivity index (χ3n) is 2.35. The molecule has 1 amide bonds. The minimum atomic E-state index is -0.990. The van der Waals surface area contributed by atoms with Crippen LogP contribution in [0, 0.1) is 21.9 Å². The normalized spacial score (nSPS) is 10.1. The number of carbonyl (C=O) groups is 1. The first-order valence-corrected chi connectivity index (χ1v) is 5.34. The van der Waals surface area contributed by atoms with Gasteiger partial charge in [-0.3, -0.25) is 14.9 Å². The molecule has 0 aliphatic rings. The number of pyridine rings is 1. The van der Waals surface area contributed by atoms with Crippen LogP contribution in [0.2, 0.25) is 0 Å². The van der Waals surface area contributed by atoms with Crippen molar-refractivity contribution in [3.63, 3.8) is 0 Å². The first kappa shape index (κ1) is 13.5. The fourth-order valence-corrected chi connectivity index (χ4v) is 1.51. The maximum atomic E-state index is 13.3. The quantitative estimate of drug-likeness (QED) is 0.531. The zero-order valence-corrected chi connectivity index (χ0v) is 9.84. The molecule has 0 unspecified atom stereocenters. The average Bonchev–Trinajstić information content (AvgIpc) is 2.38. The van der Waals surface area contributed by atoms with Crippen LogP contribution in [0.15, 0.2) is 36.5 Å². The van der Waals surface area contributed by atoms with Crippen LogP contribution in [-0.4, -0.2) is 15.8 Å².